The van der Waals surface area contributed by atoms with E-state index in [9.17, 15) is 4.79 Å². The number of hydrogen-bond acceptors (Lipinski definition) is 2. The summed E-state index contributed by atoms with van der Waals surface area (Å²) in [4.78, 5) is 14.7. The summed E-state index contributed by atoms with van der Waals surface area (Å²) in [5, 5.41) is 0. The fraction of sp³-hybridized carbons (Fsp3) is 0.273. The first-order chi connectivity index (χ1) is 6.27. The lowest BCUT2D eigenvalue weighted by molar-refractivity contribution is 0.112. The Hall–Kier alpha value is -1.44. The van der Waals surface area contributed by atoms with E-state index in [0.29, 0.717) is 5.56 Å². The summed E-state index contributed by atoms with van der Waals surface area (Å²) in [5.41, 5.74) is 2.67. The maximum atomic E-state index is 10.5. The van der Waals surface area contributed by atoms with E-state index in [1.807, 2.05) is 6.92 Å². The zero-order chi connectivity index (χ0) is 9.68. The molecule has 68 valence electrons. The van der Waals surface area contributed by atoms with Gasteiger partial charge in [-0.15, -0.1) is 0 Å². The van der Waals surface area contributed by atoms with Gasteiger partial charge in [-0.3, -0.25) is 9.78 Å². The number of carbonyl (C=O) groups excluding carboxylic acids is 1. The van der Waals surface area contributed by atoms with Crippen molar-refractivity contribution in [3.05, 3.63) is 35.7 Å². The average molecular weight is 175 g/mol. The molecule has 0 atom stereocenters. The molecule has 1 aromatic heterocycles. The monoisotopic (exact) mass is 175 g/mol. The zero-order valence-electron chi connectivity index (χ0n) is 7.95. The van der Waals surface area contributed by atoms with Gasteiger partial charge in [-0.1, -0.05) is 13.0 Å². The van der Waals surface area contributed by atoms with Crippen LogP contribution in [0.2, 0.25) is 0 Å². The molecule has 13 heavy (non-hydrogen) atoms. The molecule has 0 aliphatic rings. The molecule has 0 aliphatic carbocycles. The van der Waals surface area contributed by atoms with E-state index in [1.54, 1.807) is 18.3 Å². The van der Waals surface area contributed by atoms with Crippen LogP contribution >= 0.6 is 0 Å². The summed E-state index contributed by atoms with van der Waals surface area (Å²) in [6.07, 6.45) is 5.58. The fourth-order valence-electron chi connectivity index (χ4n) is 1.15. The minimum absolute atomic E-state index is 0.675. The highest BCUT2D eigenvalue weighted by atomic mass is 16.1. The van der Waals surface area contributed by atoms with Gasteiger partial charge in [0.15, 0.2) is 0 Å². The van der Waals surface area contributed by atoms with Gasteiger partial charge in [0.25, 0.3) is 0 Å². The van der Waals surface area contributed by atoms with Gasteiger partial charge in [0.1, 0.15) is 6.29 Å². The third kappa shape index (κ3) is 2.51. The summed E-state index contributed by atoms with van der Waals surface area (Å²) in [7, 11) is 0. The number of hydrogen-bond donors (Lipinski definition) is 0. The molecule has 0 saturated heterocycles. The van der Waals surface area contributed by atoms with Crippen molar-refractivity contribution < 1.29 is 4.79 Å². The van der Waals surface area contributed by atoms with Crippen molar-refractivity contribution in [2.45, 2.75) is 20.3 Å². The molecule has 0 aromatic carbocycles. The molecule has 0 saturated carbocycles. The van der Waals surface area contributed by atoms with Gasteiger partial charge in [0, 0.05) is 11.8 Å². The molecular formula is C11H13NO. The highest BCUT2D eigenvalue weighted by Gasteiger charge is 1.97. The Kier molecular flexibility index (Phi) is 3.38. The highest BCUT2D eigenvalue weighted by molar-refractivity contribution is 5.76. The smallest absolute Gasteiger partial charge is 0.150 e. The van der Waals surface area contributed by atoms with Crippen molar-refractivity contribution in [1.29, 1.82) is 0 Å². The molecule has 0 N–H and O–H groups in total. The Bertz CT molecular complexity index is 329. The van der Waals surface area contributed by atoms with E-state index < -0.39 is 0 Å². The van der Waals surface area contributed by atoms with Crippen LogP contribution in [0.1, 0.15) is 36.3 Å². The summed E-state index contributed by atoms with van der Waals surface area (Å²) < 4.78 is 0. The van der Waals surface area contributed by atoms with E-state index >= 15 is 0 Å². The summed E-state index contributed by atoms with van der Waals surface area (Å²) in [5.74, 6) is 0. The van der Waals surface area contributed by atoms with Crippen molar-refractivity contribution in [3.8, 4) is 0 Å². The average Bonchev–Trinajstić information content (AvgIpc) is 2.18. The molecule has 0 aliphatic heterocycles. The first-order valence-corrected chi connectivity index (χ1v) is 4.36. The minimum Gasteiger partial charge on any atom is -0.298 e. The number of pyridine rings is 1. The predicted molar refractivity (Wildman–Crippen MR) is 53.6 cm³/mol. The van der Waals surface area contributed by atoms with Crippen molar-refractivity contribution >= 4 is 11.9 Å². The van der Waals surface area contributed by atoms with Crippen LogP contribution < -0.4 is 0 Å². The van der Waals surface area contributed by atoms with Crippen molar-refractivity contribution in [1.82, 2.24) is 4.98 Å². The van der Waals surface area contributed by atoms with Crippen LogP contribution in [0.3, 0.4) is 0 Å². The number of aromatic nitrogens is 1. The third-order valence-corrected chi connectivity index (χ3v) is 1.83. The Morgan fingerprint density at radius 3 is 3.00 bits per heavy atom. The lowest BCUT2D eigenvalue weighted by Crippen LogP contribution is -1.88. The number of rotatable bonds is 3. The molecule has 0 fully saturated rings. The molecule has 0 radical (unpaired) electrons. The van der Waals surface area contributed by atoms with Crippen molar-refractivity contribution in [2.24, 2.45) is 0 Å². The maximum Gasteiger partial charge on any atom is 0.150 e. The van der Waals surface area contributed by atoms with Gasteiger partial charge in [-0.25, -0.2) is 0 Å². The van der Waals surface area contributed by atoms with Crippen LogP contribution in [0.25, 0.3) is 5.57 Å². The minimum atomic E-state index is 0.675. The van der Waals surface area contributed by atoms with Gasteiger partial charge in [-0.2, -0.15) is 0 Å². The molecule has 1 aromatic rings. The van der Waals surface area contributed by atoms with Gasteiger partial charge < -0.3 is 0 Å². The Morgan fingerprint density at radius 2 is 2.38 bits per heavy atom. The van der Waals surface area contributed by atoms with Gasteiger partial charge in [0.2, 0.25) is 0 Å². The Balaban J connectivity index is 3.01. The van der Waals surface area contributed by atoms with Crippen LogP contribution in [0.4, 0.5) is 0 Å². The van der Waals surface area contributed by atoms with E-state index in [2.05, 4.69) is 18.0 Å². The molecular weight excluding hydrogens is 162 g/mol. The van der Waals surface area contributed by atoms with E-state index in [4.69, 9.17) is 0 Å². The molecule has 0 amide bonds. The molecule has 1 heterocycles. The summed E-state index contributed by atoms with van der Waals surface area (Å²) in [6.45, 7) is 4.08. The molecule has 2 heteroatoms. The van der Waals surface area contributed by atoms with Crippen LogP contribution in [-0.4, -0.2) is 11.3 Å². The molecule has 0 spiro atoms. The second kappa shape index (κ2) is 4.55. The number of allylic oxidation sites excluding steroid dienone is 2. The quantitative estimate of drug-likeness (QED) is 0.661. The molecule has 0 unspecified atom stereocenters. The first-order valence-electron chi connectivity index (χ1n) is 4.36. The van der Waals surface area contributed by atoms with Crippen LogP contribution in [0.15, 0.2) is 24.4 Å². The Morgan fingerprint density at radius 1 is 1.62 bits per heavy atom. The lowest BCUT2D eigenvalue weighted by Gasteiger charge is -1.99. The SMILES string of the molecule is CC/C=C(/C)c1cc(C=O)ccn1. The van der Waals surface area contributed by atoms with Gasteiger partial charge in [0.05, 0.1) is 5.69 Å². The third-order valence-electron chi connectivity index (χ3n) is 1.83. The molecule has 2 nitrogen and oxygen atoms in total. The fourth-order valence-corrected chi connectivity index (χ4v) is 1.15. The van der Waals surface area contributed by atoms with Crippen LogP contribution in [-0.2, 0) is 0 Å². The van der Waals surface area contributed by atoms with E-state index in [0.717, 1.165) is 24.0 Å². The maximum absolute atomic E-state index is 10.5. The normalized spacial score (nSPS) is 11.4. The van der Waals surface area contributed by atoms with Crippen molar-refractivity contribution in [2.75, 3.05) is 0 Å². The molecule has 0 bridgehead atoms. The predicted octanol–water partition coefficient (Wildman–Crippen LogP) is 2.71. The second-order valence-corrected chi connectivity index (χ2v) is 2.89. The number of nitrogens with zero attached hydrogens (tertiary/aromatic N) is 1. The number of aldehydes is 1. The standard InChI is InChI=1S/C11H13NO/c1-3-4-9(2)11-7-10(8-13)5-6-12-11/h4-8H,3H2,1-2H3/b9-4-. The topological polar surface area (TPSA) is 30.0 Å². The highest BCUT2D eigenvalue weighted by Crippen LogP contribution is 2.11. The summed E-state index contributed by atoms with van der Waals surface area (Å²) >= 11 is 0. The van der Waals surface area contributed by atoms with E-state index in [1.165, 1.54) is 0 Å². The van der Waals surface area contributed by atoms with Gasteiger partial charge in [-0.05, 0) is 31.1 Å². The largest absolute Gasteiger partial charge is 0.298 e. The number of carbonyl (C=O) groups is 1. The van der Waals surface area contributed by atoms with Gasteiger partial charge >= 0.3 is 0 Å². The van der Waals surface area contributed by atoms with Crippen LogP contribution in [0, 0.1) is 0 Å². The second-order valence-electron chi connectivity index (χ2n) is 2.89. The van der Waals surface area contributed by atoms with Crippen LogP contribution in [0.5, 0.6) is 0 Å². The summed E-state index contributed by atoms with van der Waals surface area (Å²) in [6, 6.07) is 3.50. The van der Waals surface area contributed by atoms with Crippen molar-refractivity contribution in [3.63, 3.8) is 0 Å². The zero-order valence-corrected chi connectivity index (χ0v) is 7.95. The first kappa shape index (κ1) is 9.65. The molecule has 1 rings (SSSR count). The van der Waals surface area contributed by atoms with E-state index in [-0.39, 0.29) is 0 Å². The Labute approximate surface area is 78.3 Å². The lowest BCUT2D eigenvalue weighted by atomic mass is 10.1.